The fraction of sp³-hybridized carbons (Fsp3) is 0.727. The van der Waals surface area contributed by atoms with Gasteiger partial charge in [0.2, 0.25) is 0 Å². The molecular weight excluding hydrogens is 174 g/mol. The Morgan fingerprint density at radius 2 is 2.36 bits per heavy atom. The van der Waals surface area contributed by atoms with Crippen LogP contribution in [0.3, 0.4) is 0 Å². The minimum absolute atomic E-state index is 0.575. The SMILES string of the molecule is CC(C)c1cn[nH]c1[C@H]1CCCNC1. The van der Waals surface area contributed by atoms with Crippen molar-refractivity contribution >= 4 is 0 Å². The second kappa shape index (κ2) is 4.13. The van der Waals surface area contributed by atoms with E-state index in [0.717, 1.165) is 6.54 Å². The first-order chi connectivity index (χ1) is 6.79. The lowest BCUT2D eigenvalue weighted by molar-refractivity contribution is 0.451. The average molecular weight is 193 g/mol. The van der Waals surface area contributed by atoms with E-state index in [9.17, 15) is 0 Å². The van der Waals surface area contributed by atoms with Crippen LogP contribution in [0.25, 0.3) is 0 Å². The zero-order chi connectivity index (χ0) is 9.97. The number of aromatic amines is 1. The van der Waals surface area contributed by atoms with Gasteiger partial charge in [0.05, 0.1) is 6.20 Å². The summed E-state index contributed by atoms with van der Waals surface area (Å²) in [6.45, 7) is 6.72. The number of nitrogens with one attached hydrogen (secondary N) is 2. The molecule has 1 fully saturated rings. The van der Waals surface area contributed by atoms with Gasteiger partial charge in [0.15, 0.2) is 0 Å². The summed E-state index contributed by atoms with van der Waals surface area (Å²) in [5, 5.41) is 10.8. The van der Waals surface area contributed by atoms with Crippen LogP contribution >= 0.6 is 0 Å². The highest BCUT2D eigenvalue weighted by Gasteiger charge is 2.20. The highest BCUT2D eigenvalue weighted by molar-refractivity contribution is 5.24. The van der Waals surface area contributed by atoms with Crippen molar-refractivity contribution in [2.24, 2.45) is 0 Å². The van der Waals surface area contributed by atoms with Crippen LogP contribution in [0.4, 0.5) is 0 Å². The molecule has 0 bridgehead atoms. The molecule has 78 valence electrons. The van der Waals surface area contributed by atoms with Crippen molar-refractivity contribution < 1.29 is 0 Å². The third kappa shape index (κ3) is 1.82. The van der Waals surface area contributed by atoms with Crippen molar-refractivity contribution in [1.29, 1.82) is 0 Å². The second-order valence-corrected chi connectivity index (χ2v) is 4.44. The summed E-state index contributed by atoms with van der Waals surface area (Å²) in [5.41, 5.74) is 2.74. The fourth-order valence-corrected chi connectivity index (χ4v) is 2.19. The summed E-state index contributed by atoms with van der Waals surface area (Å²) in [6, 6.07) is 0. The monoisotopic (exact) mass is 193 g/mol. The Hall–Kier alpha value is -0.830. The molecule has 3 nitrogen and oxygen atoms in total. The van der Waals surface area contributed by atoms with Gasteiger partial charge >= 0.3 is 0 Å². The Labute approximate surface area is 85.3 Å². The normalized spacial score (nSPS) is 22.9. The quantitative estimate of drug-likeness (QED) is 0.754. The molecule has 2 rings (SSSR count). The summed E-state index contributed by atoms with van der Waals surface area (Å²) < 4.78 is 0. The van der Waals surface area contributed by atoms with Gasteiger partial charge < -0.3 is 5.32 Å². The molecule has 1 aromatic rings. The van der Waals surface area contributed by atoms with Crippen LogP contribution < -0.4 is 5.32 Å². The maximum Gasteiger partial charge on any atom is 0.0524 e. The molecule has 0 aromatic carbocycles. The minimum Gasteiger partial charge on any atom is -0.316 e. The van der Waals surface area contributed by atoms with Crippen LogP contribution in [0.1, 0.15) is 49.8 Å². The number of H-pyrrole nitrogens is 1. The van der Waals surface area contributed by atoms with Crippen LogP contribution in [0, 0.1) is 0 Å². The van der Waals surface area contributed by atoms with E-state index in [4.69, 9.17) is 0 Å². The van der Waals surface area contributed by atoms with E-state index in [1.54, 1.807) is 0 Å². The van der Waals surface area contributed by atoms with Gasteiger partial charge in [-0.05, 0) is 30.9 Å². The van der Waals surface area contributed by atoms with Crippen LogP contribution in [-0.2, 0) is 0 Å². The third-order valence-corrected chi connectivity index (χ3v) is 3.03. The number of rotatable bonds is 2. The van der Waals surface area contributed by atoms with Gasteiger partial charge in [-0.3, -0.25) is 5.10 Å². The van der Waals surface area contributed by atoms with E-state index < -0.39 is 0 Å². The Kier molecular flexibility index (Phi) is 2.87. The Balaban J connectivity index is 2.17. The molecule has 1 atom stereocenters. The van der Waals surface area contributed by atoms with Crippen molar-refractivity contribution in [3.05, 3.63) is 17.5 Å². The molecule has 3 heteroatoms. The maximum absolute atomic E-state index is 4.17. The lowest BCUT2D eigenvalue weighted by atomic mass is 9.90. The van der Waals surface area contributed by atoms with E-state index in [1.807, 2.05) is 6.20 Å². The summed E-state index contributed by atoms with van der Waals surface area (Å²) in [7, 11) is 0. The van der Waals surface area contributed by atoms with E-state index in [0.29, 0.717) is 11.8 Å². The van der Waals surface area contributed by atoms with Crippen molar-refractivity contribution in [1.82, 2.24) is 15.5 Å². The second-order valence-electron chi connectivity index (χ2n) is 4.44. The topological polar surface area (TPSA) is 40.7 Å². The third-order valence-electron chi connectivity index (χ3n) is 3.03. The number of hydrogen-bond donors (Lipinski definition) is 2. The van der Waals surface area contributed by atoms with Gasteiger partial charge in [-0.15, -0.1) is 0 Å². The molecular formula is C11H19N3. The smallest absolute Gasteiger partial charge is 0.0524 e. The molecule has 2 N–H and O–H groups in total. The lowest BCUT2D eigenvalue weighted by Gasteiger charge is -2.23. The fourth-order valence-electron chi connectivity index (χ4n) is 2.19. The molecule has 14 heavy (non-hydrogen) atoms. The lowest BCUT2D eigenvalue weighted by Crippen LogP contribution is -2.29. The molecule has 0 spiro atoms. The Bertz CT molecular complexity index is 284. The maximum atomic E-state index is 4.17. The summed E-state index contributed by atoms with van der Waals surface area (Å²) in [4.78, 5) is 0. The van der Waals surface area contributed by atoms with E-state index in [2.05, 4.69) is 29.4 Å². The standard InChI is InChI=1S/C11H19N3/c1-8(2)10-7-13-14-11(10)9-4-3-5-12-6-9/h7-9,12H,3-6H2,1-2H3,(H,13,14)/t9-/m0/s1. The molecule has 1 aromatic heterocycles. The van der Waals surface area contributed by atoms with E-state index >= 15 is 0 Å². The van der Waals surface area contributed by atoms with Gasteiger partial charge in [-0.2, -0.15) is 5.10 Å². The van der Waals surface area contributed by atoms with Crippen LogP contribution in [-0.4, -0.2) is 23.3 Å². The number of nitrogens with zero attached hydrogens (tertiary/aromatic N) is 1. The van der Waals surface area contributed by atoms with Crippen LogP contribution in [0.15, 0.2) is 6.20 Å². The summed E-state index contributed by atoms with van der Waals surface area (Å²) >= 11 is 0. The van der Waals surface area contributed by atoms with Crippen molar-refractivity contribution in [2.45, 2.75) is 38.5 Å². The van der Waals surface area contributed by atoms with E-state index in [1.165, 1.54) is 30.6 Å². The molecule has 1 saturated heterocycles. The zero-order valence-electron chi connectivity index (χ0n) is 9.01. The molecule has 1 aliphatic heterocycles. The highest BCUT2D eigenvalue weighted by atomic mass is 15.1. The molecule has 0 aliphatic carbocycles. The summed E-state index contributed by atoms with van der Waals surface area (Å²) in [6.07, 6.45) is 4.55. The predicted octanol–water partition coefficient (Wildman–Crippen LogP) is 2.00. The van der Waals surface area contributed by atoms with Gasteiger partial charge in [0.25, 0.3) is 0 Å². The first kappa shape index (κ1) is 9.71. The molecule has 0 amide bonds. The average Bonchev–Trinajstić information content (AvgIpc) is 2.67. The minimum atomic E-state index is 0.575. The van der Waals surface area contributed by atoms with Crippen molar-refractivity contribution in [3.63, 3.8) is 0 Å². The molecule has 0 saturated carbocycles. The van der Waals surface area contributed by atoms with Gasteiger partial charge in [0, 0.05) is 18.2 Å². The highest BCUT2D eigenvalue weighted by Crippen LogP contribution is 2.28. The van der Waals surface area contributed by atoms with Gasteiger partial charge in [0.1, 0.15) is 0 Å². The molecule has 0 unspecified atom stereocenters. The van der Waals surface area contributed by atoms with Crippen LogP contribution in [0.2, 0.25) is 0 Å². The number of hydrogen-bond acceptors (Lipinski definition) is 2. The Morgan fingerprint density at radius 1 is 1.50 bits per heavy atom. The molecule has 1 aliphatic rings. The summed E-state index contributed by atoms with van der Waals surface area (Å²) in [5.74, 6) is 1.22. The zero-order valence-corrected chi connectivity index (χ0v) is 9.01. The first-order valence-electron chi connectivity index (χ1n) is 5.53. The van der Waals surface area contributed by atoms with Crippen LogP contribution in [0.5, 0.6) is 0 Å². The van der Waals surface area contributed by atoms with Crippen molar-refractivity contribution in [3.8, 4) is 0 Å². The van der Waals surface area contributed by atoms with Gasteiger partial charge in [-0.25, -0.2) is 0 Å². The largest absolute Gasteiger partial charge is 0.316 e. The van der Waals surface area contributed by atoms with Gasteiger partial charge in [-0.1, -0.05) is 13.8 Å². The Morgan fingerprint density at radius 3 is 3.00 bits per heavy atom. The first-order valence-corrected chi connectivity index (χ1v) is 5.53. The predicted molar refractivity (Wildman–Crippen MR) is 57.5 cm³/mol. The number of aromatic nitrogens is 2. The van der Waals surface area contributed by atoms with E-state index in [-0.39, 0.29) is 0 Å². The van der Waals surface area contributed by atoms with Crippen molar-refractivity contribution in [2.75, 3.05) is 13.1 Å². The number of piperidine rings is 1. The molecule has 0 radical (unpaired) electrons. The molecule has 2 heterocycles.